The number of nitrogens with one attached hydrogen (secondary N) is 1. The minimum Gasteiger partial charge on any atom is -0.380 e. The van der Waals surface area contributed by atoms with E-state index < -0.39 is 0 Å². The first-order valence-corrected chi connectivity index (χ1v) is 9.13. The zero-order chi connectivity index (χ0) is 17.6. The number of nitrogens with zero attached hydrogens (tertiary/aromatic N) is 2. The number of aromatic nitrogens is 1. The van der Waals surface area contributed by atoms with Crippen molar-refractivity contribution in [2.45, 2.75) is 19.4 Å². The molecule has 1 aliphatic heterocycles. The Morgan fingerprint density at radius 1 is 1.44 bits per heavy atom. The van der Waals surface area contributed by atoms with Crippen molar-refractivity contribution < 1.29 is 14.3 Å². The molecule has 2 aromatic rings. The Balaban J connectivity index is 1.65. The van der Waals surface area contributed by atoms with Gasteiger partial charge in [-0.3, -0.25) is 9.59 Å². The quantitative estimate of drug-likeness (QED) is 0.891. The molecular weight excluding hydrogens is 338 g/mol. The van der Waals surface area contributed by atoms with Crippen LogP contribution in [-0.4, -0.2) is 41.9 Å². The van der Waals surface area contributed by atoms with Gasteiger partial charge in [-0.1, -0.05) is 12.1 Å². The van der Waals surface area contributed by atoms with E-state index in [0.29, 0.717) is 30.4 Å². The zero-order valence-corrected chi connectivity index (χ0v) is 14.9. The van der Waals surface area contributed by atoms with E-state index in [0.717, 1.165) is 18.4 Å². The smallest absolute Gasteiger partial charge is 0.253 e. The molecule has 1 aromatic heterocycles. The molecule has 0 radical (unpaired) electrons. The summed E-state index contributed by atoms with van der Waals surface area (Å²) in [6, 6.07) is 7.45. The number of hydrogen-bond acceptors (Lipinski definition) is 5. The third kappa shape index (κ3) is 4.43. The zero-order valence-electron chi connectivity index (χ0n) is 14.1. The molecule has 1 aliphatic rings. The normalized spacial score (nSPS) is 17.3. The van der Waals surface area contributed by atoms with Crippen molar-refractivity contribution in [1.29, 1.82) is 0 Å². The number of rotatable bonds is 5. The molecule has 1 saturated heterocycles. The molecule has 3 rings (SSSR count). The second-order valence-corrected chi connectivity index (χ2v) is 6.94. The Morgan fingerprint density at radius 3 is 3.08 bits per heavy atom. The lowest BCUT2D eigenvalue weighted by molar-refractivity contribution is -0.121. The van der Waals surface area contributed by atoms with Gasteiger partial charge in [0, 0.05) is 37.3 Å². The summed E-state index contributed by atoms with van der Waals surface area (Å²) in [4.78, 5) is 31.0. The molecule has 2 heterocycles. The van der Waals surface area contributed by atoms with Crippen molar-refractivity contribution in [2.24, 2.45) is 5.92 Å². The molecule has 25 heavy (non-hydrogen) atoms. The standard InChI is InChI=1S/C18H21N3O3S/c1-24-12-13-4-2-5-14(10-13)17(23)21-8-3-6-15(11-21)16(22)20-18-19-7-9-25-18/h2,4-5,7,9-10,15H,3,6,8,11-12H2,1H3,(H,19,20,22)/t15-/m1/s1. The number of benzene rings is 1. The highest BCUT2D eigenvalue weighted by atomic mass is 32.1. The van der Waals surface area contributed by atoms with Crippen LogP contribution in [0.1, 0.15) is 28.8 Å². The van der Waals surface area contributed by atoms with Gasteiger partial charge in [0.15, 0.2) is 5.13 Å². The Kier molecular flexibility index (Phi) is 5.78. The van der Waals surface area contributed by atoms with Gasteiger partial charge in [-0.2, -0.15) is 0 Å². The number of ether oxygens (including phenoxy) is 1. The second-order valence-electron chi connectivity index (χ2n) is 6.05. The maximum atomic E-state index is 12.8. The highest BCUT2D eigenvalue weighted by Gasteiger charge is 2.29. The molecule has 0 spiro atoms. The van der Waals surface area contributed by atoms with Crippen molar-refractivity contribution in [3.05, 3.63) is 47.0 Å². The number of likely N-dealkylation sites (tertiary alicyclic amines) is 1. The van der Waals surface area contributed by atoms with Gasteiger partial charge in [0.05, 0.1) is 12.5 Å². The van der Waals surface area contributed by atoms with E-state index in [1.165, 1.54) is 11.3 Å². The van der Waals surface area contributed by atoms with Crippen LogP contribution in [0.15, 0.2) is 35.8 Å². The molecule has 1 aromatic carbocycles. The van der Waals surface area contributed by atoms with Gasteiger partial charge in [0.2, 0.25) is 5.91 Å². The van der Waals surface area contributed by atoms with Crippen LogP contribution < -0.4 is 5.32 Å². The van der Waals surface area contributed by atoms with E-state index in [4.69, 9.17) is 4.74 Å². The lowest BCUT2D eigenvalue weighted by atomic mass is 9.96. The first-order chi connectivity index (χ1) is 12.2. The number of piperidine rings is 1. The number of methoxy groups -OCH3 is 1. The first kappa shape index (κ1) is 17.6. The summed E-state index contributed by atoms with van der Waals surface area (Å²) in [5.74, 6) is -0.311. The van der Waals surface area contributed by atoms with Crippen LogP contribution in [0.25, 0.3) is 0 Å². The predicted octanol–water partition coefficient (Wildman–Crippen LogP) is 2.78. The molecule has 2 amide bonds. The van der Waals surface area contributed by atoms with Gasteiger partial charge in [-0.25, -0.2) is 4.98 Å². The number of anilines is 1. The van der Waals surface area contributed by atoms with Crippen LogP contribution in [0, 0.1) is 5.92 Å². The fourth-order valence-corrected chi connectivity index (χ4v) is 3.54. The molecule has 132 valence electrons. The maximum Gasteiger partial charge on any atom is 0.253 e. The lowest BCUT2D eigenvalue weighted by Gasteiger charge is -2.32. The highest BCUT2D eigenvalue weighted by Crippen LogP contribution is 2.21. The number of hydrogen-bond donors (Lipinski definition) is 1. The topological polar surface area (TPSA) is 71.5 Å². The van der Waals surface area contributed by atoms with E-state index in [2.05, 4.69) is 10.3 Å². The monoisotopic (exact) mass is 359 g/mol. The summed E-state index contributed by atoms with van der Waals surface area (Å²) in [7, 11) is 1.63. The minimum atomic E-state index is -0.205. The van der Waals surface area contributed by atoms with Gasteiger partial charge in [-0.05, 0) is 30.5 Å². The second kappa shape index (κ2) is 8.22. The molecule has 0 saturated carbocycles. The maximum absolute atomic E-state index is 12.8. The third-order valence-corrected chi connectivity index (χ3v) is 4.92. The predicted molar refractivity (Wildman–Crippen MR) is 96.5 cm³/mol. The van der Waals surface area contributed by atoms with Gasteiger partial charge in [0.25, 0.3) is 5.91 Å². The van der Waals surface area contributed by atoms with Crippen LogP contribution in [0.5, 0.6) is 0 Å². The Labute approximate surface area is 150 Å². The van der Waals surface area contributed by atoms with Gasteiger partial charge in [-0.15, -0.1) is 11.3 Å². The summed E-state index contributed by atoms with van der Waals surface area (Å²) in [6.45, 7) is 1.58. The van der Waals surface area contributed by atoms with Crippen LogP contribution >= 0.6 is 11.3 Å². The minimum absolute atomic E-state index is 0.0373. The van der Waals surface area contributed by atoms with Crippen molar-refractivity contribution >= 4 is 28.3 Å². The largest absolute Gasteiger partial charge is 0.380 e. The van der Waals surface area contributed by atoms with Gasteiger partial charge < -0.3 is 15.0 Å². The molecule has 7 heteroatoms. The van der Waals surface area contributed by atoms with Crippen molar-refractivity contribution in [1.82, 2.24) is 9.88 Å². The highest BCUT2D eigenvalue weighted by molar-refractivity contribution is 7.13. The van der Waals surface area contributed by atoms with Crippen LogP contribution in [0.4, 0.5) is 5.13 Å². The van der Waals surface area contributed by atoms with Crippen molar-refractivity contribution in [3.8, 4) is 0 Å². The van der Waals surface area contributed by atoms with E-state index in [1.807, 2.05) is 23.6 Å². The summed E-state index contributed by atoms with van der Waals surface area (Å²) in [5, 5.41) is 5.25. The summed E-state index contributed by atoms with van der Waals surface area (Å²) in [6.07, 6.45) is 3.26. The number of amides is 2. The van der Waals surface area contributed by atoms with E-state index in [9.17, 15) is 9.59 Å². The average Bonchev–Trinajstić information content (AvgIpc) is 3.15. The van der Waals surface area contributed by atoms with E-state index in [1.54, 1.807) is 24.3 Å². The SMILES string of the molecule is COCc1cccc(C(=O)N2CCC[C@@H](C(=O)Nc3nccs3)C2)c1. The Hall–Kier alpha value is -2.25. The van der Waals surface area contributed by atoms with Gasteiger partial charge in [0.1, 0.15) is 0 Å². The number of carbonyl (C=O) groups is 2. The first-order valence-electron chi connectivity index (χ1n) is 8.25. The number of thiazole rings is 1. The van der Waals surface area contributed by atoms with Crippen molar-refractivity contribution in [3.63, 3.8) is 0 Å². The van der Waals surface area contributed by atoms with Crippen LogP contribution in [0.3, 0.4) is 0 Å². The Bertz CT molecular complexity index is 733. The lowest BCUT2D eigenvalue weighted by Crippen LogP contribution is -2.43. The van der Waals surface area contributed by atoms with E-state index >= 15 is 0 Å². The average molecular weight is 359 g/mol. The van der Waals surface area contributed by atoms with E-state index in [-0.39, 0.29) is 17.7 Å². The molecule has 6 nitrogen and oxygen atoms in total. The Morgan fingerprint density at radius 2 is 2.32 bits per heavy atom. The fourth-order valence-electron chi connectivity index (χ4n) is 3.01. The molecule has 1 fully saturated rings. The number of carbonyl (C=O) groups excluding carboxylic acids is 2. The molecule has 0 unspecified atom stereocenters. The third-order valence-electron chi connectivity index (χ3n) is 4.23. The summed E-state index contributed by atoms with van der Waals surface area (Å²) >= 11 is 1.39. The van der Waals surface area contributed by atoms with Gasteiger partial charge >= 0.3 is 0 Å². The summed E-state index contributed by atoms with van der Waals surface area (Å²) < 4.78 is 5.12. The molecular formula is C18H21N3O3S. The summed E-state index contributed by atoms with van der Waals surface area (Å²) in [5.41, 5.74) is 1.60. The molecule has 1 atom stereocenters. The molecule has 0 bridgehead atoms. The molecule has 0 aliphatic carbocycles. The molecule has 1 N–H and O–H groups in total. The van der Waals surface area contributed by atoms with Crippen molar-refractivity contribution in [2.75, 3.05) is 25.5 Å². The fraction of sp³-hybridized carbons (Fsp3) is 0.389. The van der Waals surface area contributed by atoms with Crippen LogP contribution in [0.2, 0.25) is 0 Å². The van der Waals surface area contributed by atoms with Crippen LogP contribution in [-0.2, 0) is 16.1 Å².